The zero-order valence-corrected chi connectivity index (χ0v) is 16.2. The summed E-state index contributed by atoms with van der Waals surface area (Å²) in [6, 6.07) is 18.3. The van der Waals surface area contributed by atoms with Crippen LogP contribution < -0.4 is 0 Å². The van der Waals surface area contributed by atoms with Crippen molar-refractivity contribution in [3.05, 3.63) is 71.8 Å². The minimum Gasteiger partial charge on any atom is -0.445 e. The van der Waals surface area contributed by atoms with Crippen LogP contribution in [0, 0.1) is 0 Å². The van der Waals surface area contributed by atoms with Gasteiger partial charge in [0.2, 0.25) is 0 Å². The Morgan fingerprint density at radius 1 is 1.19 bits per heavy atom. The quantitative estimate of drug-likeness (QED) is 0.726. The molecule has 2 unspecified atom stereocenters. The average molecular weight is 381 g/mol. The monoisotopic (exact) mass is 381 g/mol. The number of hydrogen-bond acceptors (Lipinski definition) is 4. The molecule has 2 aliphatic heterocycles. The second-order valence-electron chi connectivity index (χ2n) is 6.83. The molecule has 0 radical (unpaired) electrons. The van der Waals surface area contributed by atoms with Crippen molar-refractivity contribution in [2.24, 2.45) is 0 Å². The van der Waals surface area contributed by atoms with Crippen LogP contribution in [0.15, 0.2) is 65.6 Å². The molecular formula is C22H23NO3S. The van der Waals surface area contributed by atoms with E-state index in [0.717, 1.165) is 12.0 Å². The molecule has 2 aromatic carbocycles. The number of benzene rings is 2. The van der Waals surface area contributed by atoms with Crippen LogP contribution >= 0.6 is 11.8 Å². The van der Waals surface area contributed by atoms with Gasteiger partial charge in [0.25, 0.3) is 0 Å². The number of carbonyl (C=O) groups is 1. The topological polar surface area (TPSA) is 38.8 Å². The summed E-state index contributed by atoms with van der Waals surface area (Å²) in [6.07, 6.45) is 4.78. The van der Waals surface area contributed by atoms with Gasteiger partial charge in [-0.05, 0) is 41.5 Å². The first-order valence-corrected chi connectivity index (χ1v) is 10.4. The van der Waals surface area contributed by atoms with Gasteiger partial charge in [-0.15, -0.1) is 11.8 Å². The third-order valence-electron chi connectivity index (χ3n) is 5.06. The van der Waals surface area contributed by atoms with E-state index in [4.69, 9.17) is 9.47 Å². The molecule has 0 aromatic heterocycles. The molecule has 4 rings (SSSR count). The normalized spacial score (nSPS) is 21.5. The van der Waals surface area contributed by atoms with Crippen LogP contribution in [0.25, 0.3) is 5.57 Å². The van der Waals surface area contributed by atoms with Crippen molar-refractivity contribution in [2.75, 3.05) is 19.5 Å². The Bertz CT molecular complexity index is 836. The van der Waals surface area contributed by atoms with Gasteiger partial charge in [-0.1, -0.05) is 48.5 Å². The molecule has 4 nitrogen and oxygen atoms in total. The SMILES string of the molecule is CSc1cccc(C2=CC3COCC(C2)N3C(=O)OCc2ccccc2)c1. The molecule has 1 amide bonds. The Morgan fingerprint density at radius 2 is 2.04 bits per heavy atom. The van der Waals surface area contributed by atoms with Gasteiger partial charge in [-0.25, -0.2) is 4.79 Å². The van der Waals surface area contributed by atoms with Gasteiger partial charge in [-0.2, -0.15) is 0 Å². The highest BCUT2D eigenvalue weighted by atomic mass is 32.2. The van der Waals surface area contributed by atoms with E-state index in [1.54, 1.807) is 11.8 Å². The van der Waals surface area contributed by atoms with E-state index in [0.29, 0.717) is 19.8 Å². The first-order valence-electron chi connectivity index (χ1n) is 9.16. The number of hydrogen-bond donors (Lipinski definition) is 0. The fraction of sp³-hybridized carbons (Fsp3) is 0.318. The summed E-state index contributed by atoms with van der Waals surface area (Å²) in [5, 5.41) is 0. The van der Waals surface area contributed by atoms with Gasteiger partial charge in [0.1, 0.15) is 6.61 Å². The molecule has 140 valence electrons. The highest BCUT2D eigenvalue weighted by molar-refractivity contribution is 7.98. The lowest BCUT2D eigenvalue weighted by atomic mass is 9.90. The molecular weight excluding hydrogens is 358 g/mol. The molecule has 2 bridgehead atoms. The molecule has 0 aliphatic carbocycles. The standard InChI is InChI=1S/C22H23NO3S/c1-27-21-9-5-8-17(12-21)18-10-19-14-25-15-20(11-18)23(19)22(24)26-13-16-6-3-2-4-7-16/h2-10,12,19-20H,11,13-15H2,1H3. The summed E-state index contributed by atoms with van der Waals surface area (Å²) in [4.78, 5) is 15.8. The lowest BCUT2D eigenvalue weighted by molar-refractivity contribution is -0.0342. The van der Waals surface area contributed by atoms with E-state index in [2.05, 4.69) is 36.6 Å². The summed E-state index contributed by atoms with van der Waals surface area (Å²) >= 11 is 1.74. The van der Waals surface area contributed by atoms with Crippen LogP contribution in [0.5, 0.6) is 0 Å². The number of thioether (sulfide) groups is 1. The van der Waals surface area contributed by atoms with E-state index < -0.39 is 0 Å². The van der Waals surface area contributed by atoms with Crippen molar-refractivity contribution in [1.29, 1.82) is 0 Å². The van der Waals surface area contributed by atoms with Crippen LogP contribution in [0.1, 0.15) is 17.5 Å². The maximum Gasteiger partial charge on any atom is 0.411 e. The van der Waals surface area contributed by atoms with Gasteiger partial charge in [0.15, 0.2) is 0 Å². The van der Waals surface area contributed by atoms with Crippen molar-refractivity contribution in [3.8, 4) is 0 Å². The number of morpholine rings is 1. The van der Waals surface area contributed by atoms with E-state index in [9.17, 15) is 4.79 Å². The smallest absolute Gasteiger partial charge is 0.411 e. The van der Waals surface area contributed by atoms with Crippen LogP contribution in [-0.4, -0.2) is 42.5 Å². The summed E-state index contributed by atoms with van der Waals surface area (Å²) in [7, 11) is 0. The second kappa shape index (κ2) is 8.19. The molecule has 1 saturated heterocycles. The van der Waals surface area contributed by atoms with Crippen LogP contribution in [0.3, 0.4) is 0 Å². The Kier molecular flexibility index (Phi) is 5.50. The average Bonchev–Trinajstić information content (AvgIpc) is 2.72. The Labute approximate surface area is 164 Å². The highest BCUT2D eigenvalue weighted by Crippen LogP contribution is 2.34. The molecule has 2 aromatic rings. The van der Waals surface area contributed by atoms with Crippen molar-refractivity contribution < 1.29 is 14.3 Å². The number of nitrogens with zero attached hydrogens (tertiary/aromatic N) is 1. The highest BCUT2D eigenvalue weighted by Gasteiger charge is 2.39. The maximum atomic E-state index is 12.7. The first kappa shape index (κ1) is 18.1. The third-order valence-corrected chi connectivity index (χ3v) is 5.78. The number of amides is 1. The van der Waals surface area contributed by atoms with Gasteiger partial charge in [0, 0.05) is 4.90 Å². The second-order valence-corrected chi connectivity index (χ2v) is 7.71. The summed E-state index contributed by atoms with van der Waals surface area (Å²) in [5.74, 6) is 0. The van der Waals surface area contributed by atoms with Crippen molar-refractivity contribution in [1.82, 2.24) is 4.90 Å². The number of carbonyl (C=O) groups excluding carboxylic acids is 1. The first-order chi connectivity index (χ1) is 13.2. The molecule has 1 fully saturated rings. The Morgan fingerprint density at radius 3 is 2.81 bits per heavy atom. The molecule has 5 heteroatoms. The number of rotatable bonds is 4. The number of ether oxygens (including phenoxy) is 2. The Balaban J connectivity index is 1.50. The van der Waals surface area contributed by atoms with E-state index >= 15 is 0 Å². The van der Waals surface area contributed by atoms with E-state index in [1.807, 2.05) is 35.2 Å². The van der Waals surface area contributed by atoms with Crippen LogP contribution in [-0.2, 0) is 16.1 Å². The third kappa shape index (κ3) is 4.04. The fourth-order valence-electron chi connectivity index (χ4n) is 3.71. The Hall–Kier alpha value is -2.24. The number of fused-ring (bicyclic) bond motifs is 2. The zero-order chi connectivity index (χ0) is 18.6. The van der Waals surface area contributed by atoms with Crippen molar-refractivity contribution in [3.63, 3.8) is 0 Å². The molecule has 2 atom stereocenters. The minimum absolute atomic E-state index is 0.0185. The predicted octanol–water partition coefficient (Wildman–Crippen LogP) is 4.60. The molecule has 0 saturated carbocycles. The van der Waals surface area contributed by atoms with Gasteiger partial charge in [-0.3, -0.25) is 4.90 Å². The van der Waals surface area contributed by atoms with Gasteiger partial charge in [0.05, 0.1) is 25.3 Å². The summed E-state index contributed by atoms with van der Waals surface area (Å²) in [6.45, 7) is 1.36. The summed E-state index contributed by atoms with van der Waals surface area (Å²) in [5.41, 5.74) is 3.52. The maximum absolute atomic E-state index is 12.7. The molecule has 2 aliphatic rings. The lowest BCUT2D eigenvalue weighted by Crippen LogP contribution is -2.56. The summed E-state index contributed by atoms with van der Waals surface area (Å²) < 4.78 is 11.3. The predicted molar refractivity (Wildman–Crippen MR) is 108 cm³/mol. The van der Waals surface area contributed by atoms with Crippen molar-refractivity contribution >= 4 is 23.4 Å². The van der Waals surface area contributed by atoms with Crippen molar-refractivity contribution in [2.45, 2.75) is 30.0 Å². The zero-order valence-electron chi connectivity index (χ0n) is 15.3. The lowest BCUT2D eigenvalue weighted by Gasteiger charge is -2.43. The molecule has 0 N–H and O–H groups in total. The molecule has 27 heavy (non-hydrogen) atoms. The van der Waals surface area contributed by atoms with E-state index in [1.165, 1.54) is 16.0 Å². The van der Waals surface area contributed by atoms with Gasteiger partial charge >= 0.3 is 6.09 Å². The van der Waals surface area contributed by atoms with Gasteiger partial charge < -0.3 is 9.47 Å². The largest absolute Gasteiger partial charge is 0.445 e. The molecule has 0 spiro atoms. The fourth-order valence-corrected chi connectivity index (χ4v) is 4.17. The minimum atomic E-state index is -0.259. The van der Waals surface area contributed by atoms with Crippen LogP contribution in [0.2, 0.25) is 0 Å². The van der Waals surface area contributed by atoms with E-state index in [-0.39, 0.29) is 18.2 Å². The van der Waals surface area contributed by atoms with Crippen LogP contribution in [0.4, 0.5) is 4.79 Å². The molecule has 2 heterocycles.